The quantitative estimate of drug-likeness (QED) is 0.0629. The SMILES string of the molecule is C.N=PI.O=C1c2ccccc2C(=O)N1O.O=C1c2ccccc2C(=O)N1O.O=NPI.O=NPI.O=O.O=PO.O=PO. The molecule has 0 aromatic heterocycles. The summed E-state index contributed by atoms with van der Waals surface area (Å²) in [5.74, 6) is -2.63. The minimum absolute atomic E-state index is 0. The van der Waals surface area contributed by atoms with E-state index in [0.717, 1.165) is 0 Å². The molecule has 4 rings (SSSR count). The van der Waals surface area contributed by atoms with Crippen LogP contribution in [0.2, 0.25) is 0 Å². The number of nitroso groups, excluding NO2 is 2. The first kappa shape index (κ1) is 52.3. The maximum atomic E-state index is 11.1. The average molecular weight is 1050 g/mol. The molecule has 4 amide bonds. The van der Waals surface area contributed by atoms with Gasteiger partial charge in [0.05, 0.1) is 28.3 Å². The molecule has 2 aromatic rings. The van der Waals surface area contributed by atoms with Crippen molar-refractivity contribution in [2.45, 2.75) is 7.43 Å². The van der Waals surface area contributed by atoms with Gasteiger partial charge in [0.2, 0.25) is 0 Å². The van der Waals surface area contributed by atoms with Crippen LogP contribution >= 0.6 is 102 Å². The molecule has 0 fully saturated rings. The molecule has 2 unspecified atom stereocenters. The summed E-state index contributed by atoms with van der Waals surface area (Å²) in [5.41, 5.74) is 1.02. The molecule has 2 atom stereocenters. The van der Waals surface area contributed by atoms with E-state index < -0.39 is 41.0 Å². The molecule has 2 heterocycles. The van der Waals surface area contributed by atoms with Gasteiger partial charge in [-0.1, -0.05) is 31.7 Å². The van der Waals surface area contributed by atoms with Gasteiger partial charge in [0, 0.05) is 32.0 Å². The second-order valence-electron chi connectivity index (χ2n) is 5.53. The Balaban J connectivity index is -0.000000147. The largest absolute Gasteiger partial charge is 0.324 e. The first-order valence-corrected chi connectivity index (χ1v) is 22.6. The van der Waals surface area contributed by atoms with Gasteiger partial charge in [-0.05, 0) is 78.2 Å². The standard InChI is InChI=1S/2C8H5NO3.CH4.2HINOP.HINP.2HO2P.O2/c2*10-7-5-3-1-2-4-6(5)8(11)9(7)12;;2*1-4-2-3;3*1-3-2;1-2/h2*1-4,12H;1H4;2*4H;2H;2*(H,1,2);. The Morgan fingerprint density at radius 3 is 0.909 bits per heavy atom. The van der Waals surface area contributed by atoms with Crippen LogP contribution in [0.25, 0.3) is 0 Å². The van der Waals surface area contributed by atoms with Crippen molar-refractivity contribution in [2.75, 3.05) is 0 Å². The van der Waals surface area contributed by atoms with Gasteiger partial charge in [-0.2, -0.15) is 0 Å². The third kappa shape index (κ3) is 21.4. The van der Waals surface area contributed by atoms with Crippen molar-refractivity contribution >= 4 is 126 Å². The first-order valence-electron chi connectivity index (χ1n) is 9.28. The minimum atomic E-state index is -0.833. The summed E-state index contributed by atoms with van der Waals surface area (Å²) in [7, 11) is -1.67. The van der Waals surface area contributed by atoms with Crippen molar-refractivity contribution in [3.05, 3.63) is 90.5 Å². The molecule has 242 valence electrons. The van der Waals surface area contributed by atoms with Crippen molar-refractivity contribution in [1.82, 2.24) is 10.1 Å². The zero-order chi connectivity index (χ0) is 34.4. The molecule has 0 saturated heterocycles. The molecular weight excluding hydrogens is 1030 g/mol. The highest BCUT2D eigenvalue weighted by molar-refractivity contribution is 14.2. The maximum Gasteiger partial charge on any atom is 0.324 e. The molecule has 0 spiro atoms. The Morgan fingerprint density at radius 2 is 0.795 bits per heavy atom. The number of fused-ring (bicyclic) bond motifs is 2. The number of carbonyl (C=O) groups excluding carboxylic acids is 4. The van der Waals surface area contributed by atoms with Gasteiger partial charge >= 0.3 is 17.4 Å². The highest BCUT2D eigenvalue weighted by Crippen LogP contribution is 2.21. The predicted molar refractivity (Wildman–Crippen MR) is 190 cm³/mol. The van der Waals surface area contributed by atoms with Gasteiger partial charge in [-0.15, -0.1) is 19.9 Å². The fourth-order valence-electron chi connectivity index (χ4n) is 2.35. The molecule has 2 aliphatic rings. The van der Waals surface area contributed by atoms with E-state index in [1.807, 2.05) is 66.1 Å². The summed E-state index contributed by atoms with van der Waals surface area (Å²) < 4.78 is 16.9. The fraction of sp³-hybridized carbons (Fsp3) is 0.0588. The number of imide groups is 2. The van der Waals surface area contributed by atoms with Gasteiger partial charge < -0.3 is 9.79 Å². The number of hydroxylamine groups is 4. The summed E-state index contributed by atoms with van der Waals surface area (Å²) in [6.45, 7) is 0. The molecule has 0 saturated carbocycles. The van der Waals surface area contributed by atoms with Crippen LogP contribution in [0.5, 0.6) is 0 Å². The van der Waals surface area contributed by atoms with Gasteiger partial charge in [0.15, 0.2) is 0 Å². The fourth-order valence-corrected chi connectivity index (χ4v) is 2.35. The maximum absolute atomic E-state index is 11.1. The smallest absolute Gasteiger partial charge is 0.310 e. The third-order valence-electron chi connectivity index (χ3n) is 3.61. The van der Waals surface area contributed by atoms with E-state index in [0.29, 0.717) is 6.02 Å². The van der Waals surface area contributed by atoms with Crippen LogP contribution in [0.3, 0.4) is 0 Å². The number of carbonyl (C=O) groups is 4. The normalized spacial score (nSPS) is 11.5. The Bertz CT molecular complexity index is 1060. The lowest BCUT2D eigenvalue weighted by molar-refractivity contribution is -0.0330. The average Bonchev–Trinajstić information content (AvgIpc) is 3.39. The first-order chi connectivity index (χ1) is 20.5. The van der Waals surface area contributed by atoms with E-state index in [-0.39, 0.29) is 52.6 Å². The molecule has 0 radical (unpaired) electrons. The Hall–Kier alpha value is -1.29. The molecule has 0 bridgehead atoms. The summed E-state index contributed by atoms with van der Waals surface area (Å²) in [6, 6.07) is 13.2. The van der Waals surface area contributed by atoms with Gasteiger partial charge in [0.25, 0.3) is 23.6 Å². The van der Waals surface area contributed by atoms with Crippen molar-refractivity contribution in [3.8, 4) is 0 Å². The topological polar surface area (TPSA) is 307 Å². The summed E-state index contributed by atoms with van der Waals surface area (Å²) in [6.07, 6.45) is 0.360. The van der Waals surface area contributed by atoms with Crippen molar-refractivity contribution in [2.24, 2.45) is 9.89 Å². The number of benzene rings is 2. The third-order valence-corrected chi connectivity index (χ3v) is 4.93. The number of nitrogens with one attached hydrogen (secondary N) is 1. The highest BCUT2D eigenvalue weighted by Gasteiger charge is 2.34. The Kier molecular flexibility index (Phi) is 43.0. The molecule has 5 N–H and O–H groups in total. The van der Waals surface area contributed by atoms with E-state index in [1.165, 1.54) is 24.3 Å². The minimum Gasteiger partial charge on any atom is -0.310 e. The second kappa shape index (κ2) is 36.2. The molecule has 2 aliphatic heterocycles. The lowest BCUT2D eigenvalue weighted by Crippen LogP contribution is -2.25. The second-order valence-corrected chi connectivity index (χ2v) is 11.1. The lowest BCUT2D eigenvalue weighted by atomic mass is 10.1. The van der Waals surface area contributed by atoms with Crippen LogP contribution in [-0.2, 0) is 9.13 Å². The molecule has 0 aliphatic carbocycles. The van der Waals surface area contributed by atoms with Gasteiger partial charge in [-0.3, -0.25) is 34.8 Å². The van der Waals surface area contributed by atoms with E-state index in [2.05, 4.69) is 9.89 Å². The van der Waals surface area contributed by atoms with E-state index in [1.54, 1.807) is 24.3 Å². The molecular formula is C17H19I3N5O14P5. The van der Waals surface area contributed by atoms with E-state index in [4.69, 9.17) is 54.2 Å². The zero-order valence-electron chi connectivity index (χ0n) is 20.3. The number of amides is 4. The van der Waals surface area contributed by atoms with E-state index >= 15 is 0 Å². The summed E-state index contributed by atoms with van der Waals surface area (Å²) in [5, 5.41) is 24.3. The van der Waals surface area contributed by atoms with Gasteiger partial charge in [0.1, 0.15) is 12.7 Å². The molecule has 27 heteroatoms. The van der Waals surface area contributed by atoms with Crippen molar-refractivity contribution < 1.29 is 48.5 Å². The van der Waals surface area contributed by atoms with Crippen LogP contribution in [0, 0.1) is 24.9 Å². The Morgan fingerprint density at radius 1 is 0.659 bits per heavy atom. The highest BCUT2D eigenvalue weighted by atomic mass is 127. The number of halogens is 3. The van der Waals surface area contributed by atoms with Crippen molar-refractivity contribution in [1.29, 1.82) is 5.16 Å². The number of hydrogen-bond acceptors (Lipinski definition) is 15. The molecule has 19 nitrogen and oxygen atoms in total. The van der Waals surface area contributed by atoms with E-state index in [9.17, 15) is 19.2 Å². The summed E-state index contributed by atoms with van der Waals surface area (Å²) in [4.78, 5) is 95.1. The van der Waals surface area contributed by atoms with Crippen molar-refractivity contribution in [3.63, 3.8) is 0 Å². The number of rotatable bonds is 2. The van der Waals surface area contributed by atoms with Gasteiger partial charge in [-0.25, -0.2) is 9.13 Å². The van der Waals surface area contributed by atoms with Crippen LogP contribution in [-0.4, -0.2) is 54.0 Å². The molecule has 2 aromatic carbocycles. The summed E-state index contributed by atoms with van der Waals surface area (Å²) >= 11 is 5.73. The van der Waals surface area contributed by atoms with Crippen LogP contribution in [0.15, 0.2) is 58.4 Å². The van der Waals surface area contributed by atoms with Crippen LogP contribution < -0.4 is 0 Å². The number of hydrogen-bond donors (Lipinski definition) is 5. The lowest BCUT2D eigenvalue weighted by Gasteiger charge is -1.99. The monoisotopic (exact) mass is 1050 g/mol. The van der Waals surface area contributed by atoms with Crippen LogP contribution in [0.1, 0.15) is 48.9 Å². The zero-order valence-corrected chi connectivity index (χ0v) is 31.4. The predicted octanol–water partition coefficient (Wildman–Crippen LogP) is 7.86. The molecule has 44 heavy (non-hydrogen) atoms. The Labute approximate surface area is 295 Å². The van der Waals surface area contributed by atoms with Crippen LogP contribution in [0.4, 0.5) is 0 Å². The number of nitrogens with zero attached hydrogens (tertiary/aromatic N) is 4.